The summed E-state index contributed by atoms with van der Waals surface area (Å²) in [5.74, 6) is -6.60. The molecule has 6 amide bonds. The van der Waals surface area contributed by atoms with E-state index in [2.05, 4.69) is 46.5 Å². The Morgan fingerprint density at radius 1 is 0.710 bits per heavy atom. The number of guanidine groups is 3. The molecule has 1 aromatic carbocycles. The van der Waals surface area contributed by atoms with Gasteiger partial charge in [0.05, 0.1) is 12.6 Å². The number of para-hydroxylation sites is 1. The van der Waals surface area contributed by atoms with E-state index in [9.17, 15) is 43.8 Å². The van der Waals surface area contributed by atoms with Crippen molar-refractivity contribution < 1.29 is 43.8 Å². The first-order valence-electron chi connectivity index (χ1n) is 22.8. The topological polar surface area (TPSA) is 458 Å². The Morgan fingerprint density at radius 3 is 1.74 bits per heavy atom. The van der Waals surface area contributed by atoms with Gasteiger partial charge in [-0.1, -0.05) is 32.0 Å². The van der Waals surface area contributed by atoms with Crippen molar-refractivity contribution in [3.8, 4) is 0 Å². The predicted molar refractivity (Wildman–Crippen MR) is 258 cm³/mol. The van der Waals surface area contributed by atoms with Gasteiger partial charge in [0.25, 0.3) is 0 Å². The molecule has 0 aliphatic carbocycles. The number of likely N-dealkylation sites (tertiary alicyclic amines) is 1. The summed E-state index contributed by atoms with van der Waals surface area (Å²) in [5, 5.41) is 34.1. The fourth-order valence-electron chi connectivity index (χ4n) is 7.69. The fraction of sp³-hybridized carbons (Fsp3) is 0.581. The van der Waals surface area contributed by atoms with E-state index in [4.69, 9.17) is 40.1 Å². The maximum absolute atomic E-state index is 14.1. The van der Waals surface area contributed by atoms with Crippen LogP contribution in [0.1, 0.15) is 77.2 Å². The van der Waals surface area contributed by atoms with Crippen molar-refractivity contribution in [3.63, 3.8) is 0 Å². The van der Waals surface area contributed by atoms with Crippen LogP contribution in [0.15, 0.2) is 45.4 Å². The summed E-state index contributed by atoms with van der Waals surface area (Å²) in [7, 11) is 0. The van der Waals surface area contributed by atoms with Crippen LogP contribution in [0.5, 0.6) is 0 Å². The third-order valence-electron chi connectivity index (χ3n) is 11.1. The van der Waals surface area contributed by atoms with Crippen molar-refractivity contribution >= 4 is 70.2 Å². The molecule has 1 fully saturated rings. The first-order chi connectivity index (χ1) is 32.7. The summed E-state index contributed by atoms with van der Waals surface area (Å²) in [4.78, 5) is 111. The highest BCUT2D eigenvalue weighted by atomic mass is 16.4. The number of carbonyl (C=O) groups is 7. The highest BCUT2D eigenvalue weighted by Crippen LogP contribution is 2.21. The van der Waals surface area contributed by atoms with E-state index in [1.807, 2.05) is 38.1 Å². The second-order valence-corrected chi connectivity index (χ2v) is 17.2. The van der Waals surface area contributed by atoms with Gasteiger partial charge < -0.3 is 86.8 Å². The lowest BCUT2D eigenvalue weighted by molar-refractivity contribution is -0.143. The zero-order valence-corrected chi connectivity index (χ0v) is 39.2. The molecule has 26 heteroatoms. The number of aliphatic carboxylic acids is 1. The summed E-state index contributed by atoms with van der Waals surface area (Å²) in [6.45, 7) is 3.13. The van der Waals surface area contributed by atoms with E-state index < -0.39 is 90.3 Å². The zero-order valence-electron chi connectivity index (χ0n) is 39.2. The minimum absolute atomic E-state index is 0.0513. The SMILES string of the molecule is CC(C)C[C@H](NC(=O)[C@@H](N)Cc1c[nH]c2ccccc12)C(=O)N[C@@H](CO)C(=O)N1CCC[C@H]1C(=O)N[C@@H](CCCN=C(N)N)C(=O)N[C@@H](CCCN=C(N)N)C(=O)N[C@@H](CCCN=C(N)N)C(=O)O. The molecule has 3 rings (SSSR count). The summed E-state index contributed by atoms with van der Waals surface area (Å²) in [5.41, 5.74) is 40.6. The Kier molecular flexibility index (Phi) is 22.9. The number of nitrogens with one attached hydrogen (secondary N) is 6. The molecular formula is C43H71N17O9. The summed E-state index contributed by atoms with van der Waals surface area (Å²) in [6.07, 6.45) is 3.01. The zero-order chi connectivity index (χ0) is 51.2. The Balaban J connectivity index is 1.77. The number of aromatic amines is 1. The molecule has 0 unspecified atom stereocenters. The average Bonchev–Trinajstić information content (AvgIpc) is 3.95. The van der Waals surface area contributed by atoms with Crippen molar-refractivity contribution in [2.75, 3.05) is 32.8 Å². The number of aliphatic imine (C=N–C) groups is 3. The first kappa shape index (κ1) is 56.1. The van der Waals surface area contributed by atoms with Crippen molar-refractivity contribution in [1.82, 2.24) is 36.5 Å². The quantitative estimate of drug-likeness (QED) is 0.0209. The Hall–Kier alpha value is -7.22. The standard InChI is InChI=1S/C43H71N17O9/c1-23(2)19-31(58-34(62)26(44)20-24-21-54-27-10-4-3-9-25(24)27)37(65)59-32(22-61)39(67)60-18-8-14-33(60)38(66)56-29(12-6-16-52-42(47)48)35(63)55-28(11-5-15-51-41(45)46)36(64)57-30(40(68)69)13-7-17-53-43(49)50/h3-4,9-10,21,23,26,28-33,54,61H,5-8,11-20,22,44H2,1-2H3,(H,55,63)(H,56,66)(H,57,64)(H,58,62)(H,59,65)(H,68,69)(H4,45,46,51)(H4,47,48,52)(H4,49,50,53)/t26-,28-,29-,30-,31-,32-,33-/m0/s1. The predicted octanol–water partition coefficient (Wildman–Crippen LogP) is -4.26. The van der Waals surface area contributed by atoms with Crippen LogP contribution in [0.3, 0.4) is 0 Å². The lowest BCUT2D eigenvalue weighted by atomic mass is 10.0. The van der Waals surface area contributed by atoms with E-state index in [1.165, 1.54) is 4.90 Å². The van der Waals surface area contributed by atoms with Crippen molar-refractivity contribution in [2.24, 2.45) is 61.0 Å². The van der Waals surface area contributed by atoms with E-state index in [0.29, 0.717) is 6.42 Å². The van der Waals surface area contributed by atoms with Crippen molar-refractivity contribution in [3.05, 3.63) is 36.0 Å². The van der Waals surface area contributed by atoms with Gasteiger partial charge in [-0.15, -0.1) is 0 Å². The van der Waals surface area contributed by atoms with E-state index in [0.717, 1.165) is 16.5 Å². The number of fused-ring (bicyclic) bond motifs is 1. The Morgan fingerprint density at radius 2 is 1.20 bits per heavy atom. The van der Waals surface area contributed by atoms with Gasteiger partial charge in [0.1, 0.15) is 36.3 Å². The maximum atomic E-state index is 14.1. The van der Waals surface area contributed by atoms with Gasteiger partial charge in [-0.2, -0.15) is 0 Å². The molecule has 0 radical (unpaired) electrons. The number of benzene rings is 1. The summed E-state index contributed by atoms with van der Waals surface area (Å²) >= 11 is 0. The van der Waals surface area contributed by atoms with Crippen LogP contribution < -0.4 is 66.7 Å². The molecule has 1 aromatic heterocycles. The largest absolute Gasteiger partial charge is 0.480 e. The molecule has 382 valence electrons. The number of hydrogen-bond acceptors (Lipinski definition) is 12. The molecule has 1 aliphatic heterocycles. The van der Waals surface area contributed by atoms with E-state index in [1.54, 1.807) is 6.20 Å². The number of amides is 6. The minimum atomic E-state index is -1.52. The van der Waals surface area contributed by atoms with Crippen LogP contribution in [-0.4, -0.2) is 154 Å². The van der Waals surface area contributed by atoms with Crippen LogP contribution >= 0.6 is 0 Å². The van der Waals surface area contributed by atoms with Gasteiger partial charge in [-0.3, -0.25) is 43.7 Å². The van der Waals surface area contributed by atoms with Crippen molar-refractivity contribution in [1.29, 1.82) is 0 Å². The average molecular weight is 970 g/mol. The second kappa shape index (κ2) is 28.2. The van der Waals surface area contributed by atoms with Gasteiger partial charge >= 0.3 is 5.97 Å². The van der Waals surface area contributed by atoms with Crippen molar-refractivity contribution in [2.45, 2.75) is 120 Å². The highest BCUT2D eigenvalue weighted by molar-refractivity contribution is 5.97. The van der Waals surface area contributed by atoms with Crippen LogP contribution in [-0.2, 0) is 40.0 Å². The number of hydrogen-bond donors (Lipinski definition) is 15. The number of rotatable bonds is 29. The molecule has 1 aliphatic rings. The lowest BCUT2D eigenvalue weighted by Gasteiger charge is -2.30. The molecule has 0 bridgehead atoms. The normalized spacial score (nSPS) is 15.9. The van der Waals surface area contributed by atoms with Gasteiger partial charge in [0.15, 0.2) is 17.9 Å². The molecule has 0 spiro atoms. The van der Waals surface area contributed by atoms with Gasteiger partial charge in [0.2, 0.25) is 35.4 Å². The number of aliphatic hydroxyl groups is 1. The van der Waals surface area contributed by atoms with Gasteiger partial charge in [0, 0.05) is 43.3 Å². The number of nitrogens with two attached hydrogens (primary N) is 7. The smallest absolute Gasteiger partial charge is 0.326 e. The summed E-state index contributed by atoms with van der Waals surface area (Å²) < 4.78 is 0. The minimum Gasteiger partial charge on any atom is -0.480 e. The molecule has 7 atom stereocenters. The number of carboxylic acids is 1. The maximum Gasteiger partial charge on any atom is 0.326 e. The molecular weight excluding hydrogens is 899 g/mol. The molecule has 1 saturated heterocycles. The number of nitrogens with zero attached hydrogens (tertiary/aromatic N) is 4. The van der Waals surface area contributed by atoms with Crippen LogP contribution in [0, 0.1) is 5.92 Å². The van der Waals surface area contributed by atoms with E-state index >= 15 is 0 Å². The molecule has 2 heterocycles. The third-order valence-corrected chi connectivity index (χ3v) is 11.1. The fourth-order valence-corrected chi connectivity index (χ4v) is 7.69. The highest BCUT2D eigenvalue weighted by Gasteiger charge is 2.40. The van der Waals surface area contributed by atoms with E-state index in [-0.39, 0.29) is 108 Å². The molecule has 2 aromatic rings. The number of carboxylic acid groups (broad SMARTS) is 1. The molecule has 22 N–H and O–H groups in total. The number of H-pyrrole nitrogens is 1. The van der Waals surface area contributed by atoms with Crippen LogP contribution in [0.4, 0.5) is 0 Å². The number of aliphatic hydroxyl groups excluding tert-OH is 1. The lowest BCUT2D eigenvalue weighted by Crippen LogP contribution is -2.60. The molecule has 69 heavy (non-hydrogen) atoms. The Labute approximate surface area is 399 Å². The van der Waals surface area contributed by atoms with Gasteiger partial charge in [-0.25, -0.2) is 4.79 Å². The third kappa shape index (κ3) is 18.8. The summed E-state index contributed by atoms with van der Waals surface area (Å²) in [6, 6.07) is -1.33. The molecule has 0 saturated carbocycles. The van der Waals surface area contributed by atoms with Crippen LogP contribution in [0.2, 0.25) is 0 Å². The molecule has 26 nitrogen and oxygen atoms in total. The number of carbonyl (C=O) groups excluding carboxylic acids is 6. The van der Waals surface area contributed by atoms with Gasteiger partial charge in [-0.05, 0) is 81.8 Å². The Bertz CT molecular complexity index is 2150. The van der Waals surface area contributed by atoms with Crippen LogP contribution in [0.25, 0.3) is 10.9 Å². The number of aromatic nitrogens is 1. The second-order valence-electron chi connectivity index (χ2n) is 17.2. The first-order valence-corrected chi connectivity index (χ1v) is 22.8. The monoisotopic (exact) mass is 970 g/mol.